The second kappa shape index (κ2) is 8.23. The number of thiophene rings is 1. The highest BCUT2D eigenvalue weighted by Gasteiger charge is 2.43. The fourth-order valence-corrected chi connectivity index (χ4v) is 4.29. The summed E-state index contributed by atoms with van der Waals surface area (Å²) < 4.78 is 1.92. The van der Waals surface area contributed by atoms with E-state index in [4.69, 9.17) is 11.6 Å². The summed E-state index contributed by atoms with van der Waals surface area (Å²) >= 11 is 7.30. The zero-order chi connectivity index (χ0) is 20.4. The minimum absolute atomic E-state index is 0.113. The molecule has 0 radical (unpaired) electrons. The van der Waals surface area contributed by atoms with Gasteiger partial charge < -0.3 is 14.6 Å². The van der Waals surface area contributed by atoms with E-state index in [0.717, 1.165) is 5.56 Å². The smallest absolute Gasteiger partial charge is 0.290 e. The highest BCUT2D eigenvalue weighted by atomic mass is 35.5. The lowest BCUT2D eigenvalue weighted by atomic mass is 9.95. The van der Waals surface area contributed by atoms with Gasteiger partial charge in [-0.1, -0.05) is 29.8 Å². The maximum atomic E-state index is 13.1. The van der Waals surface area contributed by atoms with Crippen molar-refractivity contribution in [2.75, 3.05) is 6.54 Å². The predicted octanol–water partition coefficient (Wildman–Crippen LogP) is 4.27. The Morgan fingerprint density at radius 1 is 1.21 bits per heavy atom. The lowest BCUT2D eigenvalue weighted by molar-refractivity contribution is -0.129. The lowest BCUT2D eigenvalue weighted by Crippen LogP contribution is -2.32. The third kappa shape index (κ3) is 3.83. The number of rotatable bonds is 7. The van der Waals surface area contributed by atoms with Crippen LogP contribution in [0.2, 0.25) is 5.02 Å². The summed E-state index contributed by atoms with van der Waals surface area (Å²) in [7, 11) is 0. The molecule has 1 aromatic carbocycles. The van der Waals surface area contributed by atoms with Crippen LogP contribution in [0.3, 0.4) is 0 Å². The zero-order valence-corrected chi connectivity index (χ0v) is 16.9. The SMILES string of the molecule is O=C(C1=C(O)C(=O)N(CCCn2ccnc2)[C@H]1c1ccc(Cl)cc1)c1cccs1. The largest absolute Gasteiger partial charge is 0.503 e. The number of carbonyl (C=O) groups excluding carboxylic acids is 2. The summed E-state index contributed by atoms with van der Waals surface area (Å²) in [5.74, 6) is -1.34. The van der Waals surface area contributed by atoms with Gasteiger partial charge in [-0.2, -0.15) is 0 Å². The van der Waals surface area contributed by atoms with Crippen LogP contribution in [-0.4, -0.2) is 37.8 Å². The molecule has 3 aromatic rings. The average Bonchev–Trinajstić information content (AvgIpc) is 3.47. The Kier molecular flexibility index (Phi) is 5.51. The van der Waals surface area contributed by atoms with Crippen molar-refractivity contribution >= 4 is 34.6 Å². The van der Waals surface area contributed by atoms with E-state index in [9.17, 15) is 14.7 Å². The molecule has 1 atom stereocenters. The van der Waals surface area contributed by atoms with Crippen molar-refractivity contribution < 1.29 is 14.7 Å². The van der Waals surface area contributed by atoms with Gasteiger partial charge in [-0.25, -0.2) is 4.98 Å². The molecule has 6 nitrogen and oxygen atoms in total. The lowest BCUT2D eigenvalue weighted by Gasteiger charge is -2.27. The van der Waals surface area contributed by atoms with E-state index in [1.165, 1.54) is 11.3 Å². The Balaban J connectivity index is 1.66. The summed E-state index contributed by atoms with van der Waals surface area (Å²) in [5.41, 5.74) is 0.844. The van der Waals surface area contributed by atoms with Gasteiger partial charge in [0.25, 0.3) is 5.91 Å². The van der Waals surface area contributed by atoms with E-state index in [0.29, 0.717) is 29.4 Å². The molecule has 4 rings (SSSR count). The van der Waals surface area contributed by atoms with Gasteiger partial charge in [0.2, 0.25) is 5.78 Å². The Morgan fingerprint density at radius 3 is 2.66 bits per heavy atom. The van der Waals surface area contributed by atoms with Crippen LogP contribution in [0.4, 0.5) is 0 Å². The minimum atomic E-state index is -0.655. The number of nitrogens with zero attached hydrogens (tertiary/aromatic N) is 3. The summed E-state index contributed by atoms with van der Waals surface area (Å²) in [5, 5.41) is 13.0. The highest BCUT2D eigenvalue weighted by Crippen LogP contribution is 2.39. The van der Waals surface area contributed by atoms with Gasteiger partial charge in [0.1, 0.15) is 0 Å². The quantitative estimate of drug-likeness (QED) is 0.571. The molecule has 29 heavy (non-hydrogen) atoms. The minimum Gasteiger partial charge on any atom is -0.503 e. The maximum absolute atomic E-state index is 13.1. The predicted molar refractivity (Wildman–Crippen MR) is 111 cm³/mol. The summed E-state index contributed by atoms with van der Waals surface area (Å²) in [6, 6.07) is 9.80. The number of hydrogen-bond acceptors (Lipinski definition) is 5. The number of aromatic nitrogens is 2. The molecule has 148 valence electrons. The molecule has 1 aliphatic heterocycles. The number of benzene rings is 1. The molecule has 1 aliphatic rings. The van der Waals surface area contributed by atoms with Gasteiger partial charge in [0.05, 0.1) is 22.8 Å². The molecule has 0 aliphatic carbocycles. The van der Waals surface area contributed by atoms with Crippen LogP contribution in [0, 0.1) is 0 Å². The van der Waals surface area contributed by atoms with Crippen LogP contribution in [0.5, 0.6) is 0 Å². The van der Waals surface area contributed by atoms with Crippen molar-refractivity contribution in [3.05, 3.63) is 87.3 Å². The number of aryl methyl sites for hydroxylation is 1. The van der Waals surface area contributed by atoms with Crippen LogP contribution in [-0.2, 0) is 11.3 Å². The monoisotopic (exact) mass is 427 g/mol. The van der Waals surface area contributed by atoms with E-state index >= 15 is 0 Å². The molecule has 0 fully saturated rings. The number of Topliss-reactive ketones (excluding diaryl/α,β-unsaturated/α-hetero) is 1. The second-order valence-electron chi connectivity index (χ2n) is 6.68. The van der Waals surface area contributed by atoms with Crippen LogP contribution in [0.1, 0.15) is 27.7 Å². The molecule has 0 saturated carbocycles. The number of imidazole rings is 1. The summed E-state index contributed by atoms with van der Waals surface area (Å²) in [6.45, 7) is 1.06. The fraction of sp³-hybridized carbons (Fsp3) is 0.190. The van der Waals surface area contributed by atoms with Crippen molar-refractivity contribution in [1.82, 2.24) is 14.5 Å². The number of carbonyl (C=O) groups is 2. The molecule has 2 aromatic heterocycles. The number of aliphatic hydroxyl groups excluding tert-OH is 1. The van der Waals surface area contributed by atoms with Gasteiger partial charge in [-0.15, -0.1) is 11.3 Å². The molecular formula is C21H18ClN3O3S. The normalized spacial score (nSPS) is 16.7. The molecule has 3 heterocycles. The number of hydrogen-bond donors (Lipinski definition) is 1. The van der Waals surface area contributed by atoms with Crippen molar-refractivity contribution in [3.63, 3.8) is 0 Å². The first-order chi connectivity index (χ1) is 14.1. The Labute approximate surface area is 176 Å². The number of ketones is 1. The highest BCUT2D eigenvalue weighted by molar-refractivity contribution is 7.12. The standard InChI is InChI=1S/C21H18ClN3O3S/c22-15-6-4-14(5-7-15)18-17(19(26)16-3-1-12-29-16)20(27)21(28)25(18)10-2-9-24-11-8-23-13-24/h1,3-8,11-13,18,27H,2,9-10H2/t18-/m0/s1. The molecule has 0 bridgehead atoms. The number of aliphatic hydroxyl groups is 1. The van der Waals surface area contributed by atoms with E-state index in [1.54, 1.807) is 59.2 Å². The molecule has 1 amide bonds. The number of halogens is 1. The van der Waals surface area contributed by atoms with E-state index in [-0.39, 0.29) is 11.4 Å². The van der Waals surface area contributed by atoms with Crippen molar-refractivity contribution in [2.24, 2.45) is 0 Å². The fourth-order valence-electron chi connectivity index (χ4n) is 3.49. The Hall–Kier alpha value is -2.90. The van der Waals surface area contributed by atoms with Crippen LogP contribution in [0.25, 0.3) is 0 Å². The van der Waals surface area contributed by atoms with Gasteiger partial charge in [0, 0.05) is 30.5 Å². The van der Waals surface area contributed by atoms with Crippen LogP contribution >= 0.6 is 22.9 Å². The zero-order valence-electron chi connectivity index (χ0n) is 15.4. The van der Waals surface area contributed by atoms with E-state index < -0.39 is 17.7 Å². The van der Waals surface area contributed by atoms with Crippen molar-refractivity contribution in [3.8, 4) is 0 Å². The van der Waals surface area contributed by atoms with Crippen molar-refractivity contribution in [2.45, 2.75) is 19.0 Å². The van der Waals surface area contributed by atoms with Gasteiger partial charge in [-0.05, 0) is 35.6 Å². The summed E-state index contributed by atoms with van der Waals surface area (Å²) in [6.07, 6.45) is 5.91. The summed E-state index contributed by atoms with van der Waals surface area (Å²) in [4.78, 5) is 32.0. The van der Waals surface area contributed by atoms with Crippen LogP contribution in [0.15, 0.2) is 71.8 Å². The molecule has 0 unspecified atom stereocenters. The van der Waals surface area contributed by atoms with E-state index in [2.05, 4.69) is 4.98 Å². The molecule has 0 saturated heterocycles. The topological polar surface area (TPSA) is 75.4 Å². The van der Waals surface area contributed by atoms with Gasteiger partial charge in [-0.3, -0.25) is 9.59 Å². The molecule has 1 N–H and O–H groups in total. The third-order valence-corrected chi connectivity index (χ3v) is 5.97. The second-order valence-corrected chi connectivity index (χ2v) is 8.06. The van der Waals surface area contributed by atoms with Gasteiger partial charge in [0.15, 0.2) is 5.76 Å². The van der Waals surface area contributed by atoms with Crippen LogP contribution < -0.4 is 0 Å². The maximum Gasteiger partial charge on any atom is 0.290 e. The first-order valence-corrected chi connectivity index (χ1v) is 10.4. The Bertz CT molecular complexity index is 1040. The first-order valence-electron chi connectivity index (χ1n) is 9.10. The molecular weight excluding hydrogens is 410 g/mol. The third-order valence-electron chi connectivity index (χ3n) is 4.85. The average molecular weight is 428 g/mol. The first kappa shape index (κ1) is 19.4. The van der Waals surface area contributed by atoms with Crippen molar-refractivity contribution in [1.29, 1.82) is 0 Å². The molecule has 8 heteroatoms. The molecule has 0 spiro atoms. The number of amides is 1. The Morgan fingerprint density at radius 2 is 2.00 bits per heavy atom. The van der Waals surface area contributed by atoms with E-state index in [1.807, 2.05) is 10.8 Å². The van der Waals surface area contributed by atoms with Gasteiger partial charge >= 0.3 is 0 Å².